The van der Waals surface area contributed by atoms with Crippen LogP contribution in [0.1, 0.15) is 27.9 Å². The fourth-order valence-electron chi connectivity index (χ4n) is 2.30. The molecule has 0 saturated heterocycles. The van der Waals surface area contributed by atoms with Crippen LogP contribution >= 0.6 is 11.8 Å². The molecule has 0 aliphatic heterocycles. The van der Waals surface area contributed by atoms with E-state index in [-0.39, 0.29) is 11.5 Å². The molecule has 24 heavy (non-hydrogen) atoms. The summed E-state index contributed by atoms with van der Waals surface area (Å²) in [6, 6.07) is 15.0. The summed E-state index contributed by atoms with van der Waals surface area (Å²) in [5.74, 6) is -0.928. The van der Waals surface area contributed by atoms with Crippen molar-refractivity contribution in [2.24, 2.45) is 0 Å². The highest BCUT2D eigenvalue weighted by Gasteiger charge is 2.05. The first-order chi connectivity index (χ1) is 11.6. The van der Waals surface area contributed by atoms with Gasteiger partial charge in [0.25, 0.3) is 0 Å². The summed E-state index contributed by atoms with van der Waals surface area (Å²) in [4.78, 5) is 23.9. The molecule has 4 nitrogen and oxygen atoms in total. The first kappa shape index (κ1) is 18.1. The van der Waals surface area contributed by atoms with Crippen molar-refractivity contribution in [3.63, 3.8) is 0 Å². The average Bonchev–Trinajstić information content (AvgIpc) is 2.61. The second-order valence-electron chi connectivity index (χ2n) is 5.45. The van der Waals surface area contributed by atoms with Gasteiger partial charge in [-0.3, -0.25) is 4.79 Å². The number of carbonyl (C=O) groups excluding carboxylic acids is 1. The Labute approximate surface area is 146 Å². The minimum Gasteiger partial charge on any atom is -0.478 e. The number of carboxylic acid groups (broad SMARTS) is 1. The monoisotopic (exact) mass is 343 g/mol. The first-order valence-corrected chi connectivity index (χ1v) is 9.03. The molecule has 0 aromatic heterocycles. The number of amides is 1. The van der Waals surface area contributed by atoms with Crippen LogP contribution < -0.4 is 5.32 Å². The maximum atomic E-state index is 11.9. The molecule has 0 atom stereocenters. The van der Waals surface area contributed by atoms with Crippen molar-refractivity contribution in [1.82, 2.24) is 5.32 Å². The van der Waals surface area contributed by atoms with Crippen molar-refractivity contribution in [2.75, 3.05) is 12.8 Å². The van der Waals surface area contributed by atoms with Crippen molar-refractivity contribution in [3.8, 4) is 0 Å². The van der Waals surface area contributed by atoms with Gasteiger partial charge in [0.1, 0.15) is 0 Å². The Bertz CT molecular complexity index is 681. The van der Waals surface area contributed by atoms with Crippen LogP contribution in [0.2, 0.25) is 0 Å². The van der Waals surface area contributed by atoms with E-state index in [0.717, 1.165) is 12.0 Å². The highest BCUT2D eigenvalue weighted by Crippen LogP contribution is 2.14. The molecule has 0 heterocycles. The standard InChI is InChI=1S/C19H21NO3S/c1-24-17-9-4-15(5-10-17)12-13-20-18(21)11-6-14-2-7-16(8-3-14)19(22)23/h2-5,7-10H,6,11-13H2,1H3,(H,20,21)(H,22,23). The van der Waals surface area contributed by atoms with Crippen LogP contribution in [-0.2, 0) is 17.6 Å². The minimum absolute atomic E-state index is 0.0121. The van der Waals surface area contributed by atoms with Crippen LogP contribution in [0.15, 0.2) is 53.4 Å². The second kappa shape index (κ2) is 9.13. The third kappa shape index (κ3) is 5.74. The lowest BCUT2D eigenvalue weighted by Crippen LogP contribution is -2.25. The summed E-state index contributed by atoms with van der Waals surface area (Å²) in [6.07, 6.45) is 3.87. The summed E-state index contributed by atoms with van der Waals surface area (Å²) in [6.45, 7) is 0.620. The molecule has 0 fully saturated rings. The van der Waals surface area contributed by atoms with E-state index in [4.69, 9.17) is 5.11 Å². The smallest absolute Gasteiger partial charge is 0.335 e. The third-order valence-corrected chi connectivity index (χ3v) is 4.48. The molecule has 0 aliphatic carbocycles. The molecule has 0 unspecified atom stereocenters. The molecule has 2 rings (SSSR count). The predicted molar refractivity (Wildman–Crippen MR) is 96.7 cm³/mol. The first-order valence-electron chi connectivity index (χ1n) is 7.80. The molecule has 0 aliphatic rings. The van der Waals surface area contributed by atoms with Gasteiger partial charge in [0.05, 0.1) is 5.56 Å². The van der Waals surface area contributed by atoms with Crippen molar-refractivity contribution >= 4 is 23.6 Å². The van der Waals surface area contributed by atoms with Crippen LogP contribution in [0.4, 0.5) is 0 Å². The van der Waals surface area contributed by atoms with Gasteiger partial charge in [-0.2, -0.15) is 0 Å². The van der Waals surface area contributed by atoms with E-state index in [9.17, 15) is 9.59 Å². The number of carboxylic acids is 1. The number of hydrogen-bond acceptors (Lipinski definition) is 3. The zero-order valence-electron chi connectivity index (χ0n) is 13.6. The zero-order chi connectivity index (χ0) is 17.4. The van der Waals surface area contributed by atoms with E-state index in [2.05, 4.69) is 29.6 Å². The number of aryl methyl sites for hydroxylation is 1. The molecule has 2 N–H and O–H groups in total. The number of carbonyl (C=O) groups is 2. The Morgan fingerprint density at radius 2 is 1.54 bits per heavy atom. The van der Waals surface area contributed by atoms with E-state index in [0.29, 0.717) is 19.4 Å². The summed E-state index contributed by atoms with van der Waals surface area (Å²) in [7, 11) is 0. The molecule has 2 aromatic carbocycles. The van der Waals surface area contributed by atoms with Crippen LogP contribution in [0, 0.1) is 0 Å². The van der Waals surface area contributed by atoms with Gasteiger partial charge in [0.2, 0.25) is 5.91 Å². The maximum absolute atomic E-state index is 11.9. The summed E-state index contributed by atoms with van der Waals surface area (Å²) >= 11 is 1.71. The largest absolute Gasteiger partial charge is 0.478 e. The van der Waals surface area contributed by atoms with Crippen molar-refractivity contribution in [3.05, 3.63) is 65.2 Å². The maximum Gasteiger partial charge on any atom is 0.335 e. The number of thioether (sulfide) groups is 1. The van der Waals surface area contributed by atoms with E-state index in [1.165, 1.54) is 10.5 Å². The molecular weight excluding hydrogens is 322 g/mol. The molecule has 2 aromatic rings. The number of aromatic carboxylic acids is 1. The van der Waals surface area contributed by atoms with Crippen LogP contribution in [0.25, 0.3) is 0 Å². The van der Waals surface area contributed by atoms with Gasteiger partial charge in [-0.05, 0) is 54.5 Å². The third-order valence-electron chi connectivity index (χ3n) is 3.74. The van der Waals surface area contributed by atoms with Gasteiger partial charge in [-0.15, -0.1) is 11.8 Å². The quantitative estimate of drug-likeness (QED) is 0.721. The van der Waals surface area contributed by atoms with Gasteiger partial charge in [0.15, 0.2) is 0 Å². The lowest BCUT2D eigenvalue weighted by molar-refractivity contribution is -0.121. The molecule has 126 valence electrons. The fraction of sp³-hybridized carbons (Fsp3) is 0.263. The predicted octanol–water partition coefficient (Wildman–Crippen LogP) is 3.40. The summed E-state index contributed by atoms with van der Waals surface area (Å²) in [5.41, 5.74) is 2.43. The average molecular weight is 343 g/mol. The van der Waals surface area contributed by atoms with E-state index >= 15 is 0 Å². The van der Waals surface area contributed by atoms with Crippen molar-refractivity contribution in [2.45, 2.75) is 24.2 Å². The van der Waals surface area contributed by atoms with Gasteiger partial charge in [0, 0.05) is 17.9 Å². The van der Waals surface area contributed by atoms with Crippen LogP contribution in [0.3, 0.4) is 0 Å². The lowest BCUT2D eigenvalue weighted by Gasteiger charge is -2.06. The number of nitrogens with one attached hydrogen (secondary N) is 1. The minimum atomic E-state index is -0.940. The Kier molecular flexibility index (Phi) is 6.88. The van der Waals surface area contributed by atoms with E-state index < -0.39 is 5.97 Å². The van der Waals surface area contributed by atoms with Gasteiger partial charge < -0.3 is 10.4 Å². The Morgan fingerprint density at radius 1 is 0.958 bits per heavy atom. The summed E-state index contributed by atoms with van der Waals surface area (Å²) in [5, 5.41) is 11.8. The highest BCUT2D eigenvalue weighted by molar-refractivity contribution is 7.98. The molecule has 1 amide bonds. The molecule has 5 heteroatoms. The summed E-state index contributed by atoms with van der Waals surface area (Å²) < 4.78 is 0. The van der Waals surface area contributed by atoms with Crippen LogP contribution in [-0.4, -0.2) is 29.8 Å². The molecular formula is C19H21NO3S. The van der Waals surface area contributed by atoms with E-state index in [1.807, 2.05) is 6.26 Å². The number of rotatable bonds is 8. The van der Waals surface area contributed by atoms with Crippen LogP contribution in [0.5, 0.6) is 0 Å². The Hall–Kier alpha value is -2.27. The van der Waals surface area contributed by atoms with Crippen molar-refractivity contribution in [1.29, 1.82) is 0 Å². The van der Waals surface area contributed by atoms with E-state index in [1.54, 1.807) is 36.0 Å². The number of benzene rings is 2. The molecule has 0 saturated carbocycles. The number of hydrogen-bond donors (Lipinski definition) is 2. The highest BCUT2D eigenvalue weighted by atomic mass is 32.2. The van der Waals surface area contributed by atoms with Gasteiger partial charge >= 0.3 is 5.97 Å². The Balaban J connectivity index is 1.70. The fourth-order valence-corrected chi connectivity index (χ4v) is 2.71. The topological polar surface area (TPSA) is 66.4 Å². The molecule has 0 bridgehead atoms. The van der Waals surface area contributed by atoms with Crippen molar-refractivity contribution < 1.29 is 14.7 Å². The normalized spacial score (nSPS) is 10.4. The zero-order valence-corrected chi connectivity index (χ0v) is 14.4. The lowest BCUT2D eigenvalue weighted by atomic mass is 10.1. The molecule has 0 radical (unpaired) electrons. The molecule has 0 spiro atoms. The van der Waals surface area contributed by atoms with Gasteiger partial charge in [-0.1, -0.05) is 24.3 Å². The SMILES string of the molecule is CSc1ccc(CCNC(=O)CCc2ccc(C(=O)O)cc2)cc1. The van der Waals surface area contributed by atoms with Gasteiger partial charge in [-0.25, -0.2) is 4.79 Å². The Morgan fingerprint density at radius 3 is 2.12 bits per heavy atom. The second-order valence-corrected chi connectivity index (χ2v) is 6.33.